The van der Waals surface area contributed by atoms with E-state index in [1.54, 1.807) is 18.4 Å². The molecular weight excluding hydrogens is 224 g/mol. The van der Waals surface area contributed by atoms with Crippen molar-refractivity contribution in [2.45, 2.75) is 19.4 Å². The molecule has 4 nitrogen and oxygen atoms in total. The third-order valence-electron chi connectivity index (χ3n) is 2.53. The number of rotatable bonds is 5. The Bertz CT molecular complexity index is 352. The zero-order chi connectivity index (χ0) is 12.1. The predicted molar refractivity (Wildman–Crippen MR) is 65.5 cm³/mol. The average Bonchev–Trinajstić information content (AvgIpc) is 2.69. The lowest BCUT2D eigenvalue weighted by molar-refractivity contribution is -0.138. The predicted octanol–water partition coefficient (Wildman–Crippen LogP) is 0.377. The van der Waals surface area contributed by atoms with Gasteiger partial charge >= 0.3 is 0 Å². The van der Waals surface area contributed by atoms with E-state index in [0.717, 1.165) is 6.42 Å². The van der Waals surface area contributed by atoms with Crippen LogP contribution in [0.3, 0.4) is 0 Å². The molecule has 3 N–H and O–H groups in total. The Morgan fingerprint density at radius 3 is 2.88 bits per heavy atom. The molecule has 1 atom stereocenters. The Morgan fingerprint density at radius 1 is 1.69 bits per heavy atom. The molecule has 0 spiro atoms. The number of nitrogens with zero attached hydrogens (tertiary/aromatic N) is 1. The minimum absolute atomic E-state index is 0.0266. The Balaban J connectivity index is 2.44. The van der Waals surface area contributed by atoms with Crippen molar-refractivity contribution in [1.29, 1.82) is 0 Å². The van der Waals surface area contributed by atoms with Crippen LogP contribution in [0.5, 0.6) is 0 Å². The highest BCUT2D eigenvalue weighted by atomic mass is 32.1. The van der Waals surface area contributed by atoms with Crippen molar-refractivity contribution in [1.82, 2.24) is 4.90 Å². The molecule has 0 aliphatic carbocycles. The molecule has 0 radical (unpaired) electrons. The summed E-state index contributed by atoms with van der Waals surface area (Å²) < 4.78 is 0. The Hall–Kier alpha value is -0.910. The fraction of sp³-hybridized carbons (Fsp3) is 0.545. The maximum atomic E-state index is 11.5. The van der Waals surface area contributed by atoms with Crippen molar-refractivity contribution in [2.24, 2.45) is 5.73 Å². The van der Waals surface area contributed by atoms with E-state index in [9.17, 15) is 9.90 Å². The molecule has 0 aliphatic heterocycles. The van der Waals surface area contributed by atoms with Crippen LogP contribution in [0.2, 0.25) is 0 Å². The van der Waals surface area contributed by atoms with Crippen LogP contribution in [-0.2, 0) is 11.2 Å². The van der Waals surface area contributed by atoms with Gasteiger partial charge in [0.05, 0.1) is 0 Å². The summed E-state index contributed by atoms with van der Waals surface area (Å²) in [4.78, 5) is 14.3. The minimum atomic E-state index is -1.07. The summed E-state index contributed by atoms with van der Waals surface area (Å²) in [6, 6.07) is 2.07. The first-order valence-electron chi connectivity index (χ1n) is 5.22. The molecule has 5 heteroatoms. The summed E-state index contributed by atoms with van der Waals surface area (Å²) in [5, 5.41) is 11.3. The van der Waals surface area contributed by atoms with Gasteiger partial charge in [-0.2, -0.15) is 0 Å². The van der Waals surface area contributed by atoms with Gasteiger partial charge < -0.3 is 15.7 Å². The van der Waals surface area contributed by atoms with Gasteiger partial charge in [-0.1, -0.05) is 0 Å². The van der Waals surface area contributed by atoms with Crippen LogP contribution in [0.4, 0.5) is 0 Å². The van der Waals surface area contributed by atoms with E-state index in [4.69, 9.17) is 5.73 Å². The molecule has 1 heterocycles. The molecule has 1 rings (SSSR count). The second-order valence-corrected chi connectivity index (χ2v) is 4.79. The third kappa shape index (κ3) is 3.30. The maximum Gasteiger partial charge on any atom is 0.252 e. The van der Waals surface area contributed by atoms with Crippen molar-refractivity contribution in [3.63, 3.8) is 0 Å². The number of aryl methyl sites for hydroxylation is 1. The molecule has 16 heavy (non-hydrogen) atoms. The summed E-state index contributed by atoms with van der Waals surface area (Å²) in [6.07, 6.45) is -0.252. The number of carbonyl (C=O) groups is 1. The SMILES string of the molecule is Cc1ccsc1CCN(C)C(=O)C(O)CN. The fourth-order valence-corrected chi connectivity index (χ4v) is 2.29. The second kappa shape index (κ2) is 5.98. The van der Waals surface area contributed by atoms with Crippen LogP contribution in [0.25, 0.3) is 0 Å². The van der Waals surface area contributed by atoms with Crippen molar-refractivity contribution in [3.8, 4) is 0 Å². The number of carbonyl (C=O) groups excluding carboxylic acids is 1. The quantitative estimate of drug-likeness (QED) is 0.784. The highest BCUT2D eigenvalue weighted by molar-refractivity contribution is 7.10. The number of hydrogen-bond acceptors (Lipinski definition) is 4. The molecule has 0 saturated carbocycles. The van der Waals surface area contributed by atoms with E-state index in [-0.39, 0.29) is 12.5 Å². The van der Waals surface area contributed by atoms with Gasteiger partial charge in [-0.3, -0.25) is 4.79 Å². The lowest BCUT2D eigenvalue weighted by Crippen LogP contribution is -2.41. The number of aliphatic hydroxyl groups is 1. The maximum absolute atomic E-state index is 11.5. The minimum Gasteiger partial charge on any atom is -0.382 e. The van der Waals surface area contributed by atoms with E-state index in [0.29, 0.717) is 6.54 Å². The molecule has 0 aliphatic rings. The number of amides is 1. The Morgan fingerprint density at radius 2 is 2.38 bits per heavy atom. The van der Waals surface area contributed by atoms with E-state index in [1.165, 1.54) is 15.3 Å². The van der Waals surface area contributed by atoms with Gasteiger partial charge in [0.25, 0.3) is 5.91 Å². The smallest absolute Gasteiger partial charge is 0.252 e. The number of likely N-dealkylation sites (N-methyl/N-ethyl adjacent to an activating group) is 1. The molecular formula is C11H18N2O2S. The second-order valence-electron chi connectivity index (χ2n) is 3.79. The van der Waals surface area contributed by atoms with Crippen LogP contribution in [0.15, 0.2) is 11.4 Å². The largest absolute Gasteiger partial charge is 0.382 e. The first-order valence-corrected chi connectivity index (χ1v) is 6.10. The van der Waals surface area contributed by atoms with Crippen LogP contribution < -0.4 is 5.73 Å². The van der Waals surface area contributed by atoms with Gasteiger partial charge in [-0.25, -0.2) is 0 Å². The van der Waals surface area contributed by atoms with Gasteiger partial charge in [-0.15, -0.1) is 11.3 Å². The van der Waals surface area contributed by atoms with Crippen LogP contribution in [-0.4, -0.2) is 42.2 Å². The number of aliphatic hydroxyl groups excluding tert-OH is 1. The monoisotopic (exact) mass is 242 g/mol. The third-order valence-corrected chi connectivity index (χ3v) is 3.61. The molecule has 0 saturated heterocycles. The van der Waals surface area contributed by atoms with Gasteiger partial charge in [-0.05, 0) is 30.4 Å². The molecule has 0 bridgehead atoms. The number of thiophene rings is 1. The first kappa shape index (κ1) is 13.2. The van der Waals surface area contributed by atoms with E-state index in [1.807, 2.05) is 5.38 Å². The summed E-state index contributed by atoms with van der Waals surface area (Å²) >= 11 is 1.69. The Kier molecular flexibility index (Phi) is 4.92. The lowest BCUT2D eigenvalue weighted by Gasteiger charge is -2.19. The molecule has 1 aromatic rings. The fourth-order valence-electron chi connectivity index (χ4n) is 1.39. The summed E-state index contributed by atoms with van der Waals surface area (Å²) in [5.41, 5.74) is 6.48. The average molecular weight is 242 g/mol. The standard InChI is InChI=1S/C11H18N2O2S/c1-8-4-6-16-10(8)3-5-13(2)11(15)9(14)7-12/h4,6,9,14H,3,5,7,12H2,1-2H3. The van der Waals surface area contributed by atoms with Gasteiger partial charge in [0.15, 0.2) is 0 Å². The van der Waals surface area contributed by atoms with Crippen molar-refractivity contribution in [3.05, 3.63) is 21.9 Å². The normalized spacial score (nSPS) is 12.5. The molecule has 1 aromatic heterocycles. The summed E-state index contributed by atoms with van der Waals surface area (Å²) in [7, 11) is 1.68. The van der Waals surface area contributed by atoms with Crippen molar-refractivity contribution in [2.75, 3.05) is 20.1 Å². The van der Waals surface area contributed by atoms with Gasteiger partial charge in [0.2, 0.25) is 0 Å². The summed E-state index contributed by atoms with van der Waals surface area (Å²) in [6.45, 7) is 2.64. The first-order chi connectivity index (χ1) is 7.56. The van der Waals surface area contributed by atoms with Crippen LogP contribution >= 0.6 is 11.3 Å². The molecule has 1 amide bonds. The highest BCUT2D eigenvalue weighted by Crippen LogP contribution is 2.16. The zero-order valence-corrected chi connectivity index (χ0v) is 10.5. The topological polar surface area (TPSA) is 66.6 Å². The van der Waals surface area contributed by atoms with E-state index >= 15 is 0 Å². The van der Waals surface area contributed by atoms with Crippen molar-refractivity contribution >= 4 is 17.2 Å². The molecule has 0 fully saturated rings. The van der Waals surface area contributed by atoms with Crippen LogP contribution in [0.1, 0.15) is 10.4 Å². The van der Waals surface area contributed by atoms with Crippen LogP contribution in [0, 0.1) is 6.92 Å². The molecule has 90 valence electrons. The highest BCUT2D eigenvalue weighted by Gasteiger charge is 2.17. The van der Waals surface area contributed by atoms with Gasteiger partial charge in [0.1, 0.15) is 6.10 Å². The zero-order valence-electron chi connectivity index (χ0n) is 9.64. The van der Waals surface area contributed by atoms with E-state index < -0.39 is 6.10 Å². The lowest BCUT2D eigenvalue weighted by atomic mass is 10.2. The number of nitrogens with two attached hydrogens (primary N) is 1. The van der Waals surface area contributed by atoms with Crippen molar-refractivity contribution < 1.29 is 9.90 Å². The van der Waals surface area contributed by atoms with Gasteiger partial charge in [0, 0.05) is 25.0 Å². The van der Waals surface area contributed by atoms with E-state index in [2.05, 4.69) is 13.0 Å². The molecule has 1 unspecified atom stereocenters. The summed E-state index contributed by atoms with van der Waals surface area (Å²) in [5.74, 6) is -0.309. The Labute approximate surface area is 99.7 Å². The molecule has 0 aromatic carbocycles. The number of hydrogen-bond donors (Lipinski definition) is 2.